The van der Waals surface area contributed by atoms with Crippen molar-refractivity contribution < 1.29 is 14.7 Å². The number of Topliss-reactive ketones (excluding diaryl/α,β-unsaturated/α-hetero) is 1. The zero-order valence-electron chi connectivity index (χ0n) is 10.0. The summed E-state index contributed by atoms with van der Waals surface area (Å²) in [4.78, 5) is 23.4. The van der Waals surface area contributed by atoms with Gasteiger partial charge in [0, 0.05) is 30.9 Å². The van der Waals surface area contributed by atoms with Gasteiger partial charge in [-0.15, -0.1) is 0 Å². The fourth-order valence-corrected chi connectivity index (χ4v) is 3.20. The Hall–Kier alpha value is -1.62. The van der Waals surface area contributed by atoms with Gasteiger partial charge in [0.25, 0.3) is 0 Å². The van der Waals surface area contributed by atoms with Gasteiger partial charge in [-0.05, 0) is 24.5 Å². The number of ketones is 1. The molecular weight excluding hydrogens is 232 g/mol. The molecule has 3 unspecified atom stereocenters. The smallest absolute Gasteiger partial charge is 0.308 e. The molecule has 1 aliphatic carbocycles. The monoisotopic (exact) mass is 248 g/mol. The second-order valence-corrected chi connectivity index (χ2v) is 5.26. The summed E-state index contributed by atoms with van der Waals surface area (Å²) >= 11 is 0. The SMILES string of the molecule is NC1CCc2ccn3c2C1C(=O)CC(C(=O)O)C3. The van der Waals surface area contributed by atoms with Gasteiger partial charge in [0.05, 0.1) is 11.8 Å². The Labute approximate surface area is 105 Å². The van der Waals surface area contributed by atoms with Crippen LogP contribution in [0.4, 0.5) is 0 Å². The molecule has 0 fully saturated rings. The van der Waals surface area contributed by atoms with E-state index in [4.69, 9.17) is 10.8 Å². The molecule has 0 saturated carbocycles. The van der Waals surface area contributed by atoms with Gasteiger partial charge in [0.2, 0.25) is 0 Å². The van der Waals surface area contributed by atoms with Crippen LogP contribution in [0.1, 0.15) is 30.0 Å². The summed E-state index contributed by atoms with van der Waals surface area (Å²) in [5, 5.41) is 9.16. The molecule has 0 bridgehead atoms. The molecule has 3 atom stereocenters. The second kappa shape index (κ2) is 3.95. The summed E-state index contributed by atoms with van der Waals surface area (Å²) in [6.45, 7) is 0.375. The van der Waals surface area contributed by atoms with Gasteiger partial charge in [-0.3, -0.25) is 9.59 Å². The highest BCUT2D eigenvalue weighted by Crippen LogP contribution is 2.36. The Kier molecular flexibility index (Phi) is 2.52. The first-order chi connectivity index (χ1) is 8.58. The molecule has 5 heteroatoms. The lowest BCUT2D eigenvalue weighted by Gasteiger charge is -2.28. The first kappa shape index (κ1) is 11.5. The molecule has 1 aliphatic heterocycles. The molecule has 5 nitrogen and oxygen atoms in total. The van der Waals surface area contributed by atoms with Crippen LogP contribution in [0.25, 0.3) is 0 Å². The Morgan fingerprint density at radius 2 is 2.28 bits per heavy atom. The Morgan fingerprint density at radius 1 is 1.50 bits per heavy atom. The number of carboxylic acid groups (broad SMARTS) is 1. The molecule has 96 valence electrons. The van der Waals surface area contributed by atoms with Crippen molar-refractivity contribution in [1.29, 1.82) is 0 Å². The van der Waals surface area contributed by atoms with Crippen LogP contribution in [0.2, 0.25) is 0 Å². The summed E-state index contributed by atoms with van der Waals surface area (Å²) in [5.41, 5.74) is 8.18. The number of carboxylic acids is 1. The van der Waals surface area contributed by atoms with Crippen LogP contribution in [0, 0.1) is 5.92 Å². The Bertz CT molecular complexity index is 520. The number of hydrogen-bond acceptors (Lipinski definition) is 3. The average molecular weight is 248 g/mol. The number of nitrogens with two attached hydrogens (primary N) is 1. The van der Waals surface area contributed by atoms with E-state index in [0.717, 1.165) is 24.1 Å². The van der Waals surface area contributed by atoms with E-state index in [0.29, 0.717) is 6.54 Å². The first-order valence-electron chi connectivity index (χ1n) is 6.27. The highest BCUT2D eigenvalue weighted by Gasteiger charge is 2.40. The Morgan fingerprint density at radius 3 is 3.00 bits per heavy atom. The van der Waals surface area contributed by atoms with E-state index in [1.807, 2.05) is 16.8 Å². The molecule has 3 rings (SSSR count). The van der Waals surface area contributed by atoms with Gasteiger partial charge in [0.1, 0.15) is 5.78 Å². The molecule has 0 aromatic carbocycles. The first-order valence-corrected chi connectivity index (χ1v) is 6.27. The van der Waals surface area contributed by atoms with Crippen LogP contribution in [0.3, 0.4) is 0 Å². The summed E-state index contributed by atoms with van der Waals surface area (Å²) in [6.07, 6.45) is 3.66. The number of aryl methyl sites for hydroxylation is 1. The van der Waals surface area contributed by atoms with Crippen LogP contribution < -0.4 is 5.73 Å². The zero-order chi connectivity index (χ0) is 12.9. The normalized spacial score (nSPS) is 30.7. The van der Waals surface area contributed by atoms with Crippen molar-refractivity contribution in [3.05, 3.63) is 23.5 Å². The van der Waals surface area contributed by atoms with E-state index in [9.17, 15) is 9.59 Å². The minimum absolute atomic E-state index is 0.0201. The molecule has 3 N–H and O–H groups in total. The van der Waals surface area contributed by atoms with E-state index in [-0.39, 0.29) is 24.2 Å². The summed E-state index contributed by atoms with van der Waals surface area (Å²) in [6, 6.07) is 1.82. The molecule has 0 radical (unpaired) electrons. The predicted molar refractivity (Wildman–Crippen MR) is 64.2 cm³/mol. The predicted octanol–water partition coefficient (Wildman–Crippen LogP) is 0.519. The van der Waals surface area contributed by atoms with Gasteiger partial charge >= 0.3 is 5.97 Å². The molecule has 2 aliphatic rings. The zero-order valence-corrected chi connectivity index (χ0v) is 10.0. The van der Waals surface area contributed by atoms with Crippen LogP contribution in [-0.4, -0.2) is 27.5 Å². The topological polar surface area (TPSA) is 85.3 Å². The van der Waals surface area contributed by atoms with Crippen molar-refractivity contribution in [3.8, 4) is 0 Å². The minimum Gasteiger partial charge on any atom is -0.481 e. The molecule has 18 heavy (non-hydrogen) atoms. The summed E-state index contributed by atoms with van der Waals surface area (Å²) in [7, 11) is 0. The highest BCUT2D eigenvalue weighted by atomic mass is 16.4. The number of carbonyl (C=O) groups is 2. The van der Waals surface area contributed by atoms with Gasteiger partial charge in [-0.25, -0.2) is 0 Å². The second-order valence-electron chi connectivity index (χ2n) is 5.26. The van der Waals surface area contributed by atoms with Crippen LogP contribution in [0.15, 0.2) is 12.3 Å². The lowest BCUT2D eigenvalue weighted by atomic mass is 9.80. The van der Waals surface area contributed by atoms with E-state index < -0.39 is 11.9 Å². The molecular formula is C13H16N2O3. The van der Waals surface area contributed by atoms with Gasteiger partial charge < -0.3 is 15.4 Å². The molecule has 2 heterocycles. The molecule has 0 spiro atoms. The van der Waals surface area contributed by atoms with E-state index in [2.05, 4.69) is 0 Å². The minimum atomic E-state index is -0.905. The number of rotatable bonds is 1. The number of aromatic nitrogens is 1. The largest absolute Gasteiger partial charge is 0.481 e. The quantitative estimate of drug-likeness (QED) is 0.758. The van der Waals surface area contributed by atoms with Crippen molar-refractivity contribution in [2.24, 2.45) is 11.7 Å². The van der Waals surface area contributed by atoms with Crippen molar-refractivity contribution in [2.45, 2.75) is 37.8 Å². The molecule has 1 aromatic rings. The molecule has 0 saturated heterocycles. The van der Waals surface area contributed by atoms with Gasteiger partial charge in [-0.1, -0.05) is 0 Å². The van der Waals surface area contributed by atoms with Crippen molar-refractivity contribution >= 4 is 11.8 Å². The number of hydrogen-bond donors (Lipinski definition) is 2. The van der Waals surface area contributed by atoms with Crippen LogP contribution >= 0.6 is 0 Å². The average Bonchev–Trinajstić information content (AvgIpc) is 2.63. The van der Waals surface area contributed by atoms with E-state index >= 15 is 0 Å². The fraction of sp³-hybridized carbons (Fsp3) is 0.538. The standard InChI is InChI=1S/C13H16N2O3/c14-9-2-1-7-3-4-15-6-8(13(17)18)5-10(16)11(9)12(7)15/h3-4,8-9,11H,1-2,5-6,14H2,(H,17,18). The fourth-order valence-electron chi connectivity index (χ4n) is 3.20. The maximum atomic E-state index is 12.3. The maximum absolute atomic E-state index is 12.3. The van der Waals surface area contributed by atoms with Gasteiger partial charge in [0.15, 0.2) is 0 Å². The van der Waals surface area contributed by atoms with Crippen molar-refractivity contribution in [1.82, 2.24) is 4.57 Å². The number of nitrogens with zero attached hydrogens (tertiary/aromatic N) is 1. The summed E-state index contributed by atoms with van der Waals surface area (Å²) in [5.74, 6) is -1.87. The van der Waals surface area contributed by atoms with Crippen molar-refractivity contribution in [2.75, 3.05) is 0 Å². The third-order valence-corrected chi connectivity index (χ3v) is 4.12. The van der Waals surface area contributed by atoms with Crippen molar-refractivity contribution in [3.63, 3.8) is 0 Å². The molecule has 1 aromatic heterocycles. The summed E-state index contributed by atoms with van der Waals surface area (Å²) < 4.78 is 1.92. The van der Waals surface area contributed by atoms with E-state index in [1.165, 1.54) is 0 Å². The number of aliphatic carboxylic acids is 1. The third kappa shape index (κ3) is 1.58. The maximum Gasteiger partial charge on any atom is 0.308 e. The molecule has 0 amide bonds. The Balaban J connectivity index is 2.09. The van der Waals surface area contributed by atoms with E-state index in [1.54, 1.807) is 0 Å². The lowest BCUT2D eigenvalue weighted by Crippen LogP contribution is -2.38. The van der Waals surface area contributed by atoms with Gasteiger partial charge in [-0.2, -0.15) is 0 Å². The third-order valence-electron chi connectivity index (χ3n) is 4.12. The van der Waals surface area contributed by atoms with Crippen LogP contribution in [-0.2, 0) is 22.6 Å². The lowest BCUT2D eigenvalue weighted by molar-refractivity contribution is -0.144. The highest BCUT2D eigenvalue weighted by molar-refractivity contribution is 5.90. The number of carbonyl (C=O) groups excluding carboxylic acids is 1. The van der Waals surface area contributed by atoms with Crippen LogP contribution in [0.5, 0.6) is 0 Å².